The number of ether oxygens (including phenoxy) is 1. The molecular weight excluding hydrogens is 324 g/mol. The average molecular weight is 345 g/mol. The first-order valence-electron chi connectivity index (χ1n) is 8.26. The van der Waals surface area contributed by atoms with Gasteiger partial charge in [0, 0.05) is 30.4 Å². The van der Waals surface area contributed by atoms with Gasteiger partial charge in [0.25, 0.3) is 0 Å². The zero-order valence-electron chi connectivity index (χ0n) is 13.5. The summed E-state index contributed by atoms with van der Waals surface area (Å²) >= 11 is 5.93. The standard InChI is InChI=1S/C19H21ClN2O2/c20-17-8-6-16(7-9-17)18-14-22(11-12-24-18)19(23)5-1-3-15-4-2-10-21-13-15/h2,4,6-10,13,18H,1,3,5,11-12,14H2. The summed E-state index contributed by atoms with van der Waals surface area (Å²) in [5.74, 6) is 0.196. The fraction of sp³-hybridized carbons (Fsp3) is 0.368. The molecule has 1 aromatic carbocycles. The van der Waals surface area contributed by atoms with Gasteiger partial charge in [-0.2, -0.15) is 0 Å². The van der Waals surface area contributed by atoms with Crippen molar-refractivity contribution in [2.24, 2.45) is 0 Å². The van der Waals surface area contributed by atoms with Crippen molar-refractivity contribution in [3.05, 3.63) is 64.9 Å². The van der Waals surface area contributed by atoms with Gasteiger partial charge >= 0.3 is 0 Å². The maximum absolute atomic E-state index is 12.5. The van der Waals surface area contributed by atoms with E-state index in [2.05, 4.69) is 4.98 Å². The van der Waals surface area contributed by atoms with Crippen LogP contribution >= 0.6 is 11.6 Å². The van der Waals surface area contributed by atoms with E-state index >= 15 is 0 Å². The Kier molecular flexibility index (Phi) is 5.83. The van der Waals surface area contributed by atoms with Gasteiger partial charge in [0.05, 0.1) is 13.2 Å². The number of aryl methyl sites for hydroxylation is 1. The van der Waals surface area contributed by atoms with Gasteiger partial charge in [-0.3, -0.25) is 9.78 Å². The zero-order chi connectivity index (χ0) is 16.8. The lowest BCUT2D eigenvalue weighted by atomic mass is 10.1. The lowest BCUT2D eigenvalue weighted by molar-refractivity contribution is -0.139. The quantitative estimate of drug-likeness (QED) is 0.831. The molecule has 3 rings (SSSR count). The highest BCUT2D eigenvalue weighted by Crippen LogP contribution is 2.24. The number of halogens is 1. The molecule has 1 fully saturated rings. The summed E-state index contributed by atoms with van der Waals surface area (Å²) in [7, 11) is 0. The minimum atomic E-state index is -0.0710. The van der Waals surface area contributed by atoms with E-state index in [4.69, 9.17) is 16.3 Å². The number of carbonyl (C=O) groups is 1. The molecule has 0 spiro atoms. The van der Waals surface area contributed by atoms with Crippen LogP contribution in [0.15, 0.2) is 48.8 Å². The van der Waals surface area contributed by atoms with Gasteiger partial charge in [-0.05, 0) is 42.2 Å². The number of rotatable bonds is 5. The smallest absolute Gasteiger partial charge is 0.222 e. The van der Waals surface area contributed by atoms with Crippen LogP contribution in [0.3, 0.4) is 0 Å². The summed E-state index contributed by atoms with van der Waals surface area (Å²) in [6.45, 7) is 1.84. The Morgan fingerprint density at radius 1 is 1.29 bits per heavy atom. The molecule has 126 valence electrons. The lowest BCUT2D eigenvalue weighted by Crippen LogP contribution is -2.42. The molecular formula is C19H21ClN2O2. The van der Waals surface area contributed by atoms with Crippen LogP contribution in [0.25, 0.3) is 0 Å². The minimum absolute atomic E-state index is 0.0710. The summed E-state index contributed by atoms with van der Waals surface area (Å²) in [6, 6.07) is 11.6. The number of pyridine rings is 1. The van der Waals surface area contributed by atoms with E-state index < -0.39 is 0 Å². The number of aromatic nitrogens is 1. The van der Waals surface area contributed by atoms with E-state index in [1.165, 1.54) is 5.56 Å². The highest BCUT2D eigenvalue weighted by molar-refractivity contribution is 6.30. The van der Waals surface area contributed by atoms with Crippen molar-refractivity contribution < 1.29 is 9.53 Å². The molecule has 0 N–H and O–H groups in total. The molecule has 0 aliphatic carbocycles. The van der Waals surface area contributed by atoms with Gasteiger partial charge in [0.15, 0.2) is 0 Å². The Labute approximate surface area is 147 Å². The van der Waals surface area contributed by atoms with Gasteiger partial charge < -0.3 is 9.64 Å². The van der Waals surface area contributed by atoms with Crippen LogP contribution < -0.4 is 0 Å². The Hall–Kier alpha value is -1.91. The van der Waals surface area contributed by atoms with Gasteiger partial charge in [-0.25, -0.2) is 0 Å². The third-order valence-corrected chi connectivity index (χ3v) is 4.49. The van der Waals surface area contributed by atoms with Gasteiger partial charge in [0.1, 0.15) is 6.10 Å². The normalized spacial score (nSPS) is 17.7. The average Bonchev–Trinajstić information content (AvgIpc) is 2.63. The predicted molar refractivity (Wildman–Crippen MR) is 93.9 cm³/mol. The highest BCUT2D eigenvalue weighted by Gasteiger charge is 2.24. The molecule has 1 atom stereocenters. The van der Waals surface area contributed by atoms with Crippen molar-refractivity contribution in [3.63, 3.8) is 0 Å². The van der Waals surface area contributed by atoms with Gasteiger partial charge in [-0.15, -0.1) is 0 Å². The monoisotopic (exact) mass is 344 g/mol. The topological polar surface area (TPSA) is 42.4 Å². The number of amides is 1. The lowest BCUT2D eigenvalue weighted by Gasteiger charge is -2.33. The van der Waals surface area contributed by atoms with E-state index in [0.29, 0.717) is 31.1 Å². The van der Waals surface area contributed by atoms with Crippen LogP contribution in [-0.2, 0) is 16.0 Å². The number of hydrogen-bond acceptors (Lipinski definition) is 3. The van der Waals surface area contributed by atoms with Crippen molar-refractivity contribution in [1.82, 2.24) is 9.88 Å². The minimum Gasteiger partial charge on any atom is -0.370 e. The summed E-state index contributed by atoms with van der Waals surface area (Å²) in [5.41, 5.74) is 2.23. The molecule has 1 aliphatic rings. The zero-order valence-corrected chi connectivity index (χ0v) is 14.3. The molecule has 24 heavy (non-hydrogen) atoms. The molecule has 4 nitrogen and oxygen atoms in total. The fourth-order valence-corrected chi connectivity index (χ4v) is 3.03. The van der Waals surface area contributed by atoms with E-state index in [9.17, 15) is 4.79 Å². The maximum atomic E-state index is 12.5. The Balaban J connectivity index is 1.50. The Bertz CT molecular complexity index is 661. The molecule has 1 saturated heterocycles. The molecule has 2 heterocycles. The van der Waals surface area contributed by atoms with Crippen LogP contribution in [0, 0.1) is 0 Å². The second-order valence-corrected chi connectivity index (χ2v) is 6.40. The van der Waals surface area contributed by atoms with Crippen molar-refractivity contribution in [3.8, 4) is 0 Å². The first kappa shape index (κ1) is 16.9. The first-order chi connectivity index (χ1) is 11.7. The van der Waals surface area contributed by atoms with Crippen molar-refractivity contribution in [1.29, 1.82) is 0 Å². The molecule has 1 aromatic heterocycles. The van der Waals surface area contributed by atoms with Gasteiger partial charge in [-0.1, -0.05) is 29.8 Å². The largest absolute Gasteiger partial charge is 0.370 e. The molecule has 2 aromatic rings. The molecule has 1 amide bonds. The van der Waals surface area contributed by atoms with E-state index in [0.717, 1.165) is 18.4 Å². The van der Waals surface area contributed by atoms with E-state index in [-0.39, 0.29) is 12.0 Å². The third-order valence-electron chi connectivity index (χ3n) is 4.24. The van der Waals surface area contributed by atoms with Gasteiger partial charge in [0.2, 0.25) is 5.91 Å². The van der Waals surface area contributed by atoms with Crippen LogP contribution in [0.5, 0.6) is 0 Å². The summed E-state index contributed by atoms with van der Waals surface area (Å²) in [6.07, 6.45) is 5.83. The molecule has 1 aliphatic heterocycles. The maximum Gasteiger partial charge on any atom is 0.222 e. The first-order valence-corrected chi connectivity index (χ1v) is 8.64. The molecule has 0 saturated carbocycles. The van der Waals surface area contributed by atoms with Crippen LogP contribution in [0.1, 0.15) is 30.1 Å². The summed E-state index contributed by atoms with van der Waals surface area (Å²) in [5, 5.41) is 0.706. The molecule has 0 bridgehead atoms. The number of carbonyl (C=O) groups excluding carboxylic acids is 1. The Morgan fingerprint density at radius 2 is 2.12 bits per heavy atom. The van der Waals surface area contributed by atoms with Crippen LogP contribution in [-0.4, -0.2) is 35.5 Å². The van der Waals surface area contributed by atoms with E-state index in [1.807, 2.05) is 47.5 Å². The summed E-state index contributed by atoms with van der Waals surface area (Å²) in [4.78, 5) is 18.5. The summed E-state index contributed by atoms with van der Waals surface area (Å²) < 4.78 is 5.81. The van der Waals surface area contributed by atoms with Crippen molar-refractivity contribution >= 4 is 17.5 Å². The number of nitrogens with zero attached hydrogens (tertiary/aromatic N) is 2. The van der Waals surface area contributed by atoms with Crippen molar-refractivity contribution in [2.45, 2.75) is 25.4 Å². The third kappa shape index (κ3) is 4.56. The van der Waals surface area contributed by atoms with Crippen LogP contribution in [0.4, 0.5) is 0 Å². The van der Waals surface area contributed by atoms with E-state index in [1.54, 1.807) is 6.20 Å². The number of morpholine rings is 1. The molecule has 5 heteroatoms. The molecule has 1 unspecified atom stereocenters. The second kappa shape index (κ2) is 8.27. The van der Waals surface area contributed by atoms with Crippen molar-refractivity contribution in [2.75, 3.05) is 19.7 Å². The second-order valence-electron chi connectivity index (χ2n) is 5.97. The number of benzene rings is 1. The Morgan fingerprint density at radius 3 is 2.88 bits per heavy atom. The number of hydrogen-bond donors (Lipinski definition) is 0. The molecule has 0 radical (unpaired) electrons. The fourth-order valence-electron chi connectivity index (χ4n) is 2.90. The van der Waals surface area contributed by atoms with Crippen LogP contribution in [0.2, 0.25) is 5.02 Å². The SMILES string of the molecule is O=C(CCCc1cccnc1)N1CCOC(c2ccc(Cl)cc2)C1. The predicted octanol–water partition coefficient (Wildman–Crippen LogP) is 3.66. The highest BCUT2D eigenvalue weighted by atomic mass is 35.5.